The SMILES string of the molecule is O=C(NC1CCCC2OCCC12)c1c[nH]c(=S)n1-c1ccccc1. The molecule has 1 aliphatic carbocycles. The van der Waals surface area contributed by atoms with Gasteiger partial charge in [-0.1, -0.05) is 18.2 Å². The lowest BCUT2D eigenvalue weighted by atomic mass is 9.82. The molecule has 1 aliphatic heterocycles. The van der Waals surface area contributed by atoms with Gasteiger partial charge in [-0.25, -0.2) is 0 Å². The van der Waals surface area contributed by atoms with Crippen molar-refractivity contribution >= 4 is 18.1 Å². The van der Waals surface area contributed by atoms with Crippen LogP contribution in [0.2, 0.25) is 0 Å². The van der Waals surface area contributed by atoms with Crippen LogP contribution in [0.5, 0.6) is 0 Å². The number of hydrogen-bond acceptors (Lipinski definition) is 3. The zero-order valence-electron chi connectivity index (χ0n) is 13.4. The van der Waals surface area contributed by atoms with Crippen molar-refractivity contribution in [2.24, 2.45) is 5.92 Å². The maximum absolute atomic E-state index is 12.9. The Labute approximate surface area is 146 Å². The topological polar surface area (TPSA) is 59.0 Å². The highest BCUT2D eigenvalue weighted by atomic mass is 32.1. The monoisotopic (exact) mass is 343 g/mol. The second-order valence-corrected chi connectivity index (χ2v) is 6.91. The molecular weight excluding hydrogens is 322 g/mol. The third-order valence-electron chi connectivity index (χ3n) is 5.12. The van der Waals surface area contributed by atoms with Gasteiger partial charge >= 0.3 is 0 Å². The molecule has 1 aromatic carbocycles. The minimum absolute atomic E-state index is 0.0799. The van der Waals surface area contributed by atoms with Crippen molar-refractivity contribution in [1.29, 1.82) is 0 Å². The van der Waals surface area contributed by atoms with Crippen LogP contribution in [0.15, 0.2) is 36.5 Å². The molecule has 2 N–H and O–H groups in total. The van der Waals surface area contributed by atoms with Gasteiger partial charge in [-0.05, 0) is 50.0 Å². The van der Waals surface area contributed by atoms with E-state index in [1.807, 2.05) is 30.3 Å². The summed E-state index contributed by atoms with van der Waals surface area (Å²) in [5, 5.41) is 3.22. The van der Waals surface area contributed by atoms with Crippen LogP contribution in [0, 0.1) is 10.7 Å². The number of carbonyl (C=O) groups excluding carboxylic acids is 1. The first kappa shape index (κ1) is 15.6. The van der Waals surface area contributed by atoms with Crippen molar-refractivity contribution in [1.82, 2.24) is 14.9 Å². The lowest BCUT2D eigenvalue weighted by Crippen LogP contribution is -2.46. The van der Waals surface area contributed by atoms with Crippen molar-refractivity contribution < 1.29 is 9.53 Å². The van der Waals surface area contributed by atoms with Crippen LogP contribution in [0.4, 0.5) is 0 Å². The van der Waals surface area contributed by atoms with E-state index in [0.717, 1.165) is 38.0 Å². The zero-order valence-corrected chi connectivity index (χ0v) is 14.2. The fourth-order valence-electron chi connectivity index (χ4n) is 3.97. The van der Waals surface area contributed by atoms with Crippen LogP contribution in [0.1, 0.15) is 36.2 Å². The largest absolute Gasteiger partial charge is 0.378 e. The van der Waals surface area contributed by atoms with Gasteiger partial charge in [0.1, 0.15) is 5.69 Å². The van der Waals surface area contributed by atoms with Crippen LogP contribution < -0.4 is 5.32 Å². The summed E-state index contributed by atoms with van der Waals surface area (Å²) >= 11 is 5.36. The number of rotatable bonds is 3. The number of aromatic amines is 1. The van der Waals surface area contributed by atoms with Crippen LogP contribution >= 0.6 is 12.2 Å². The Morgan fingerprint density at radius 1 is 1.25 bits per heavy atom. The molecule has 24 heavy (non-hydrogen) atoms. The summed E-state index contributed by atoms with van der Waals surface area (Å²) in [6, 6.07) is 9.90. The maximum Gasteiger partial charge on any atom is 0.270 e. The van der Waals surface area contributed by atoms with Gasteiger partial charge in [0, 0.05) is 30.5 Å². The van der Waals surface area contributed by atoms with Crippen LogP contribution in [-0.4, -0.2) is 34.2 Å². The first-order valence-electron chi connectivity index (χ1n) is 8.52. The Hall–Kier alpha value is -1.92. The average molecular weight is 343 g/mol. The summed E-state index contributed by atoms with van der Waals surface area (Å²) in [5.41, 5.74) is 1.44. The molecule has 1 saturated heterocycles. The smallest absolute Gasteiger partial charge is 0.270 e. The van der Waals surface area contributed by atoms with Crippen molar-refractivity contribution in [3.8, 4) is 5.69 Å². The van der Waals surface area contributed by atoms with E-state index in [1.165, 1.54) is 0 Å². The number of fused-ring (bicyclic) bond motifs is 1. The number of nitrogens with one attached hydrogen (secondary N) is 2. The number of nitrogens with zero attached hydrogens (tertiary/aromatic N) is 1. The molecule has 2 aromatic rings. The number of benzene rings is 1. The number of ether oxygens (including phenoxy) is 1. The number of H-pyrrole nitrogens is 1. The number of hydrogen-bond donors (Lipinski definition) is 2. The summed E-state index contributed by atoms with van der Waals surface area (Å²) < 4.78 is 8.11. The first-order valence-corrected chi connectivity index (χ1v) is 8.93. The predicted octanol–water partition coefficient (Wildman–Crippen LogP) is 3.22. The Kier molecular flexibility index (Phi) is 4.24. The molecule has 2 heterocycles. The van der Waals surface area contributed by atoms with Crippen molar-refractivity contribution in [2.45, 2.75) is 37.8 Å². The summed E-state index contributed by atoms with van der Waals surface area (Å²) in [4.78, 5) is 15.9. The third-order valence-corrected chi connectivity index (χ3v) is 5.42. The van der Waals surface area contributed by atoms with Crippen LogP contribution in [0.25, 0.3) is 5.69 Å². The van der Waals surface area contributed by atoms with Gasteiger partial charge in [0.05, 0.1) is 6.10 Å². The molecule has 4 rings (SSSR count). The Balaban J connectivity index is 1.58. The van der Waals surface area contributed by atoms with E-state index in [1.54, 1.807) is 10.8 Å². The van der Waals surface area contributed by atoms with Gasteiger partial charge in [-0.15, -0.1) is 0 Å². The predicted molar refractivity (Wildman–Crippen MR) is 93.9 cm³/mol. The van der Waals surface area contributed by atoms with Gasteiger partial charge in [0.2, 0.25) is 0 Å². The molecule has 1 amide bonds. The van der Waals surface area contributed by atoms with E-state index < -0.39 is 0 Å². The van der Waals surface area contributed by atoms with E-state index in [9.17, 15) is 4.79 Å². The molecule has 5 nitrogen and oxygen atoms in total. The molecule has 126 valence electrons. The number of aromatic nitrogens is 2. The zero-order chi connectivity index (χ0) is 16.5. The van der Waals surface area contributed by atoms with E-state index in [-0.39, 0.29) is 11.9 Å². The standard InChI is InChI=1S/C18H21N3O2S/c22-17(20-14-7-4-8-16-13(14)9-10-23-16)15-11-19-18(24)21(15)12-5-2-1-3-6-12/h1-3,5-6,11,13-14,16H,4,7-10H2,(H,19,24)(H,20,22). The van der Waals surface area contributed by atoms with E-state index in [4.69, 9.17) is 17.0 Å². The minimum atomic E-state index is -0.0799. The lowest BCUT2D eigenvalue weighted by Gasteiger charge is -2.33. The fourth-order valence-corrected chi connectivity index (χ4v) is 4.23. The summed E-state index contributed by atoms with van der Waals surface area (Å²) in [7, 11) is 0. The number of amides is 1. The molecule has 1 saturated carbocycles. The molecule has 6 heteroatoms. The second kappa shape index (κ2) is 6.53. The van der Waals surface area contributed by atoms with Gasteiger partial charge in [0.15, 0.2) is 4.77 Å². The highest BCUT2D eigenvalue weighted by molar-refractivity contribution is 7.71. The summed E-state index contributed by atoms with van der Waals surface area (Å²) in [5.74, 6) is 0.360. The number of carbonyl (C=O) groups is 1. The Bertz CT molecular complexity index is 783. The van der Waals surface area contributed by atoms with E-state index in [2.05, 4.69) is 10.3 Å². The normalized spacial score (nSPS) is 26.1. The van der Waals surface area contributed by atoms with Gasteiger partial charge in [0.25, 0.3) is 5.91 Å². The van der Waals surface area contributed by atoms with Gasteiger partial charge in [-0.2, -0.15) is 0 Å². The Morgan fingerprint density at radius 2 is 2.08 bits per heavy atom. The van der Waals surface area contributed by atoms with Gasteiger partial charge < -0.3 is 15.0 Å². The molecule has 2 fully saturated rings. The highest BCUT2D eigenvalue weighted by Crippen LogP contribution is 2.34. The fraction of sp³-hybridized carbons (Fsp3) is 0.444. The van der Waals surface area contributed by atoms with E-state index >= 15 is 0 Å². The maximum atomic E-state index is 12.9. The molecule has 3 unspecified atom stereocenters. The summed E-state index contributed by atoms with van der Waals surface area (Å²) in [6.45, 7) is 0.812. The quantitative estimate of drug-likeness (QED) is 0.841. The average Bonchev–Trinajstić information content (AvgIpc) is 3.22. The molecule has 0 spiro atoms. The van der Waals surface area contributed by atoms with Crippen molar-refractivity contribution in [2.75, 3.05) is 6.61 Å². The third kappa shape index (κ3) is 2.80. The first-order chi connectivity index (χ1) is 11.7. The van der Waals surface area contributed by atoms with E-state index in [0.29, 0.717) is 22.5 Å². The number of imidazole rings is 1. The van der Waals surface area contributed by atoms with Gasteiger partial charge in [-0.3, -0.25) is 9.36 Å². The minimum Gasteiger partial charge on any atom is -0.378 e. The molecule has 1 aromatic heterocycles. The second-order valence-electron chi connectivity index (χ2n) is 6.52. The summed E-state index contributed by atoms with van der Waals surface area (Å²) in [6.07, 6.45) is 6.27. The van der Waals surface area contributed by atoms with Crippen molar-refractivity contribution in [3.05, 3.63) is 47.0 Å². The molecule has 0 radical (unpaired) electrons. The molecule has 2 aliphatic rings. The van der Waals surface area contributed by atoms with Crippen molar-refractivity contribution in [3.63, 3.8) is 0 Å². The van der Waals surface area contributed by atoms with Crippen LogP contribution in [0.3, 0.4) is 0 Å². The lowest BCUT2D eigenvalue weighted by molar-refractivity contribution is 0.0509. The molecule has 3 atom stereocenters. The van der Waals surface area contributed by atoms with Crippen LogP contribution in [-0.2, 0) is 4.74 Å². The number of para-hydroxylation sites is 1. The highest BCUT2D eigenvalue weighted by Gasteiger charge is 2.38. The molecule has 0 bridgehead atoms. The molecular formula is C18H21N3O2S. The Morgan fingerprint density at radius 3 is 2.92 bits per heavy atom.